The van der Waals surface area contributed by atoms with Crippen molar-refractivity contribution in [3.05, 3.63) is 29.8 Å². The smallest absolute Gasteiger partial charge is 0.300 e. The highest BCUT2D eigenvalue weighted by molar-refractivity contribution is 6.03. The summed E-state index contributed by atoms with van der Waals surface area (Å²) >= 11 is 0. The zero-order chi connectivity index (χ0) is 15.7. The van der Waals surface area contributed by atoms with E-state index in [4.69, 9.17) is 9.47 Å². The van der Waals surface area contributed by atoms with E-state index in [1.54, 1.807) is 0 Å². The maximum absolute atomic E-state index is 13.0. The van der Waals surface area contributed by atoms with Gasteiger partial charge in [-0.15, -0.1) is 0 Å². The number of hydrogen-bond acceptors (Lipinski definition) is 3. The molecule has 0 aliphatic rings. The second kappa shape index (κ2) is 9.06. The second-order valence-corrected chi connectivity index (χ2v) is 3.93. The predicted molar refractivity (Wildman–Crippen MR) is 74.4 cm³/mol. The molecular weight excluding hydrogens is 280 g/mol. The minimum absolute atomic E-state index is 0.138. The Morgan fingerprint density at radius 2 is 1.90 bits per heavy atom. The van der Waals surface area contributed by atoms with Gasteiger partial charge in [0.2, 0.25) is 0 Å². The monoisotopic (exact) mass is 297 g/mol. The van der Waals surface area contributed by atoms with Crippen LogP contribution in [0.25, 0.3) is 0 Å². The van der Waals surface area contributed by atoms with Gasteiger partial charge in [0, 0.05) is 25.0 Å². The largest absolute Gasteiger partial charge is 0.352 e. The predicted octanol–water partition coefficient (Wildman–Crippen LogP) is 2.70. The Hall–Kier alpha value is -1.97. The lowest BCUT2D eigenvalue weighted by atomic mass is 10.3. The van der Waals surface area contributed by atoms with Gasteiger partial charge in [0.05, 0.1) is 6.42 Å². The van der Waals surface area contributed by atoms with Crippen LogP contribution in [0.5, 0.6) is 0 Å². The molecule has 0 fully saturated rings. The average Bonchev–Trinajstić information content (AvgIpc) is 2.43. The summed E-state index contributed by atoms with van der Waals surface area (Å²) in [6.45, 7) is 4.62. The van der Waals surface area contributed by atoms with Gasteiger partial charge in [-0.25, -0.2) is 8.78 Å². The van der Waals surface area contributed by atoms with Crippen LogP contribution in [0.15, 0.2) is 18.2 Å². The van der Waals surface area contributed by atoms with E-state index in [0.29, 0.717) is 13.2 Å². The number of nitrogens with one attached hydrogen (secondary N) is 1. The number of hydrogen-bond donors (Lipinski definition) is 1. The lowest BCUT2D eigenvalue weighted by Crippen LogP contribution is -2.16. The van der Waals surface area contributed by atoms with Crippen molar-refractivity contribution in [3.8, 4) is 11.8 Å². The first-order valence-corrected chi connectivity index (χ1v) is 6.54. The highest BCUT2D eigenvalue weighted by Crippen LogP contribution is 2.12. The number of anilines is 1. The maximum Gasteiger partial charge on any atom is 0.300 e. The molecule has 1 aromatic carbocycles. The Labute approximate surface area is 122 Å². The van der Waals surface area contributed by atoms with E-state index in [9.17, 15) is 13.6 Å². The molecule has 6 heteroatoms. The number of rotatable bonds is 6. The van der Waals surface area contributed by atoms with E-state index in [1.165, 1.54) is 6.07 Å². The molecule has 0 aliphatic heterocycles. The third-order valence-electron chi connectivity index (χ3n) is 2.35. The van der Waals surface area contributed by atoms with E-state index in [-0.39, 0.29) is 12.1 Å². The van der Waals surface area contributed by atoms with Crippen LogP contribution < -0.4 is 5.32 Å². The molecule has 0 heterocycles. The summed E-state index contributed by atoms with van der Waals surface area (Å²) in [5.41, 5.74) is 0.138. The van der Waals surface area contributed by atoms with Crippen LogP contribution in [0.4, 0.5) is 14.5 Å². The molecule has 114 valence electrons. The third kappa shape index (κ3) is 6.34. The molecule has 0 atom stereocenters. The molecule has 0 aromatic heterocycles. The van der Waals surface area contributed by atoms with Crippen LogP contribution in [-0.4, -0.2) is 25.4 Å². The molecule has 0 saturated carbocycles. The number of benzene rings is 1. The topological polar surface area (TPSA) is 47.6 Å². The van der Waals surface area contributed by atoms with Crippen molar-refractivity contribution in [3.63, 3.8) is 0 Å². The van der Waals surface area contributed by atoms with Crippen LogP contribution in [0, 0.1) is 23.5 Å². The Bertz CT molecular complexity index is 531. The van der Waals surface area contributed by atoms with Crippen LogP contribution in [0.2, 0.25) is 0 Å². The highest BCUT2D eigenvalue weighted by Gasteiger charge is 2.06. The summed E-state index contributed by atoms with van der Waals surface area (Å²) in [5, 5.41) is 2.35. The van der Waals surface area contributed by atoms with Gasteiger partial charge in [-0.3, -0.25) is 4.79 Å². The van der Waals surface area contributed by atoms with Crippen LogP contribution in [-0.2, 0) is 14.3 Å². The molecule has 1 rings (SSSR count). The van der Waals surface area contributed by atoms with E-state index in [0.717, 1.165) is 12.1 Å². The Morgan fingerprint density at radius 1 is 1.24 bits per heavy atom. The molecule has 1 aromatic rings. The van der Waals surface area contributed by atoms with Crippen LogP contribution >= 0.6 is 0 Å². The molecule has 0 bridgehead atoms. The second-order valence-electron chi connectivity index (χ2n) is 3.93. The minimum Gasteiger partial charge on any atom is -0.352 e. The summed E-state index contributed by atoms with van der Waals surface area (Å²) in [5.74, 6) is 2.33. The number of amides is 1. The van der Waals surface area contributed by atoms with Gasteiger partial charge >= 0.3 is 0 Å². The zero-order valence-corrected chi connectivity index (χ0v) is 11.9. The van der Waals surface area contributed by atoms with Gasteiger partial charge in [0.25, 0.3) is 5.91 Å². The number of halogens is 2. The van der Waals surface area contributed by atoms with Gasteiger partial charge in [0.15, 0.2) is 17.9 Å². The van der Waals surface area contributed by atoms with Gasteiger partial charge in [-0.1, -0.05) is 5.92 Å². The van der Waals surface area contributed by atoms with Crippen molar-refractivity contribution < 1.29 is 23.0 Å². The van der Waals surface area contributed by atoms with Gasteiger partial charge in [-0.2, -0.15) is 0 Å². The first-order chi connectivity index (χ1) is 10.1. The fraction of sp³-hybridized carbons (Fsp3) is 0.400. The molecule has 0 radical (unpaired) electrons. The number of ether oxygens (including phenoxy) is 2. The zero-order valence-electron chi connectivity index (χ0n) is 11.9. The van der Waals surface area contributed by atoms with Crippen LogP contribution in [0.1, 0.15) is 20.3 Å². The fourth-order valence-electron chi connectivity index (χ4n) is 1.49. The highest BCUT2D eigenvalue weighted by atomic mass is 19.2. The SMILES string of the molecule is CCOC(CC#CC(=O)Nc1ccc(F)c(F)c1)OCC. The van der Waals surface area contributed by atoms with Crippen molar-refractivity contribution in [2.45, 2.75) is 26.6 Å². The fourth-order valence-corrected chi connectivity index (χ4v) is 1.49. The molecule has 0 saturated heterocycles. The Morgan fingerprint density at radius 3 is 2.48 bits per heavy atom. The lowest BCUT2D eigenvalue weighted by Gasteiger charge is -2.13. The van der Waals surface area contributed by atoms with E-state index in [1.807, 2.05) is 13.8 Å². The Balaban J connectivity index is 2.53. The lowest BCUT2D eigenvalue weighted by molar-refractivity contribution is -0.131. The summed E-state index contributed by atoms with van der Waals surface area (Å²) in [7, 11) is 0. The van der Waals surface area contributed by atoms with Crippen molar-refractivity contribution in [1.82, 2.24) is 0 Å². The van der Waals surface area contributed by atoms with E-state index < -0.39 is 23.8 Å². The van der Waals surface area contributed by atoms with Crippen molar-refractivity contribution in [2.75, 3.05) is 18.5 Å². The number of carbonyl (C=O) groups is 1. The number of carbonyl (C=O) groups excluding carboxylic acids is 1. The van der Waals surface area contributed by atoms with Crippen molar-refractivity contribution in [1.29, 1.82) is 0 Å². The Kier molecular flexibility index (Phi) is 7.37. The van der Waals surface area contributed by atoms with Crippen molar-refractivity contribution in [2.24, 2.45) is 0 Å². The van der Waals surface area contributed by atoms with E-state index >= 15 is 0 Å². The first kappa shape index (κ1) is 17.1. The van der Waals surface area contributed by atoms with Crippen LogP contribution in [0.3, 0.4) is 0 Å². The summed E-state index contributed by atoms with van der Waals surface area (Å²) in [6.07, 6.45) is -0.240. The van der Waals surface area contributed by atoms with Crippen molar-refractivity contribution >= 4 is 11.6 Å². The molecule has 1 N–H and O–H groups in total. The van der Waals surface area contributed by atoms with E-state index in [2.05, 4.69) is 17.2 Å². The van der Waals surface area contributed by atoms with Gasteiger partial charge < -0.3 is 14.8 Å². The molecule has 0 aliphatic carbocycles. The maximum atomic E-state index is 13.0. The molecule has 4 nitrogen and oxygen atoms in total. The standard InChI is InChI=1S/C15H17F2NO3/c1-3-20-15(21-4-2)7-5-6-14(19)18-11-8-9-12(16)13(17)10-11/h8-10,15H,3-4,7H2,1-2H3,(H,18,19). The first-order valence-electron chi connectivity index (χ1n) is 6.54. The molecule has 21 heavy (non-hydrogen) atoms. The molecular formula is C15H17F2NO3. The third-order valence-corrected chi connectivity index (χ3v) is 2.35. The van der Waals surface area contributed by atoms with Gasteiger partial charge in [0.1, 0.15) is 0 Å². The normalized spacial score (nSPS) is 10.1. The summed E-state index contributed by atoms with van der Waals surface area (Å²) in [6, 6.07) is 3.07. The summed E-state index contributed by atoms with van der Waals surface area (Å²) in [4.78, 5) is 11.5. The average molecular weight is 297 g/mol. The molecule has 1 amide bonds. The minimum atomic E-state index is -1.03. The molecule has 0 spiro atoms. The quantitative estimate of drug-likeness (QED) is 0.649. The van der Waals surface area contributed by atoms with Gasteiger partial charge in [-0.05, 0) is 31.9 Å². The molecule has 0 unspecified atom stereocenters. The summed E-state index contributed by atoms with van der Waals surface area (Å²) < 4.78 is 36.2.